The van der Waals surface area contributed by atoms with E-state index in [1.807, 2.05) is 16.9 Å². The van der Waals surface area contributed by atoms with Crippen molar-refractivity contribution in [3.05, 3.63) is 60.7 Å². The predicted molar refractivity (Wildman–Crippen MR) is 116 cm³/mol. The molecule has 4 aromatic heterocycles. The summed E-state index contributed by atoms with van der Waals surface area (Å²) in [7, 11) is 3.07. The molecule has 5 heterocycles. The van der Waals surface area contributed by atoms with E-state index in [-0.39, 0.29) is 18.4 Å². The highest BCUT2D eigenvalue weighted by Gasteiger charge is 2.38. The third-order valence-electron chi connectivity index (χ3n) is 5.55. The summed E-state index contributed by atoms with van der Waals surface area (Å²) in [4.78, 5) is 30.7. The lowest BCUT2D eigenvalue weighted by Gasteiger charge is -2.31. The van der Waals surface area contributed by atoms with Gasteiger partial charge in [-0.1, -0.05) is 0 Å². The maximum atomic E-state index is 13.3. The minimum Gasteiger partial charge on any atom is -0.446 e. The monoisotopic (exact) mass is 462 g/mol. The van der Waals surface area contributed by atoms with Crippen molar-refractivity contribution in [2.75, 3.05) is 6.61 Å². The van der Waals surface area contributed by atoms with Crippen molar-refractivity contribution in [1.29, 1.82) is 0 Å². The van der Waals surface area contributed by atoms with Crippen molar-refractivity contribution >= 4 is 33.8 Å². The number of nitrogens with zero attached hydrogens (tertiary/aromatic N) is 4. The molecule has 0 unspecified atom stereocenters. The van der Waals surface area contributed by atoms with Gasteiger partial charge in [-0.05, 0) is 30.7 Å². The Labute approximate surface area is 184 Å². The Morgan fingerprint density at radius 2 is 2.06 bits per heavy atom. The first-order valence-corrected chi connectivity index (χ1v) is 10.8. The second-order valence-corrected chi connectivity index (χ2v) is 8.76. The van der Waals surface area contributed by atoms with Gasteiger partial charge in [0.05, 0.1) is 41.5 Å². The van der Waals surface area contributed by atoms with Gasteiger partial charge < -0.3 is 18.8 Å². The maximum Gasteiger partial charge on any atom is 0.331 e. The van der Waals surface area contributed by atoms with E-state index in [1.165, 1.54) is 23.0 Å². The number of hydrogen-bond donors (Lipinski definition) is 1. The highest BCUT2D eigenvalue weighted by molar-refractivity contribution is 7.13. The molecule has 1 N–H and O–H groups in total. The standard InChI is InChI=1S/C20H19ClN4O5S/c1-9-8-31-18(22-9)15-13-14(23(2)20(28)24(3)19(13)27)16-17(11-4-5-12(21)30-11)29-10(7-26)6-25(15)16/h4-5,8,10,17,26H,6-7H2,1-3H3/t10-,17-/m0/s1. The number of thiazole rings is 1. The molecule has 11 heteroatoms. The lowest BCUT2D eigenvalue weighted by Crippen LogP contribution is -2.37. The maximum absolute atomic E-state index is 13.3. The summed E-state index contributed by atoms with van der Waals surface area (Å²) in [6.07, 6.45) is -1.32. The molecule has 0 aromatic carbocycles. The summed E-state index contributed by atoms with van der Waals surface area (Å²) >= 11 is 7.42. The molecular formula is C20H19ClN4O5S. The van der Waals surface area contributed by atoms with Crippen LogP contribution in [0.1, 0.15) is 23.3 Å². The molecule has 5 rings (SSSR count). The van der Waals surface area contributed by atoms with Gasteiger partial charge in [0.1, 0.15) is 10.8 Å². The van der Waals surface area contributed by atoms with Crippen LogP contribution in [0.5, 0.6) is 0 Å². The number of rotatable bonds is 3. The van der Waals surface area contributed by atoms with E-state index in [4.69, 9.17) is 20.8 Å². The number of furan rings is 1. The summed E-state index contributed by atoms with van der Waals surface area (Å²) < 4.78 is 16.2. The average molecular weight is 463 g/mol. The largest absolute Gasteiger partial charge is 0.446 e. The van der Waals surface area contributed by atoms with Crippen molar-refractivity contribution in [2.45, 2.75) is 25.7 Å². The zero-order valence-corrected chi connectivity index (χ0v) is 18.5. The molecule has 162 valence electrons. The van der Waals surface area contributed by atoms with Crippen LogP contribution < -0.4 is 11.2 Å². The molecule has 0 amide bonds. The van der Waals surface area contributed by atoms with E-state index in [2.05, 4.69) is 4.98 Å². The first-order chi connectivity index (χ1) is 14.8. The fraction of sp³-hybridized carbons (Fsp3) is 0.350. The van der Waals surface area contributed by atoms with Gasteiger partial charge in [-0.3, -0.25) is 13.9 Å². The second kappa shape index (κ2) is 7.20. The van der Waals surface area contributed by atoms with E-state index < -0.39 is 23.5 Å². The molecule has 1 aliphatic rings. The number of fused-ring (bicyclic) bond motifs is 3. The zero-order chi connectivity index (χ0) is 22.0. The normalized spacial score (nSPS) is 18.6. The van der Waals surface area contributed by atoms with Gasteiger partial charge in [0.2, 0.25) is 0 Å². The van der Waals surface area contributed by atoms with E-state index in [1.54, 1.807) is 19.2 Å². The molecule has 0 radical (unpaired) electrons. The van der Waals surface area contributed by atoms with Crippen LogP contribution >= 0.6 is 22.9 Å². The number of aliphatic hydroxyl groups is 1. The van der Waals surface area contributed by atoms with Crippen molar-refractivity contribution < 1.29 is 14.3 Å². The van der Waals surface area contributed by atoms with Crippen LogP contribution in [0.15, 0.2) is 31.5 Å². The number of halogens is 1. The molecule has 9 nitrogen and oxygen atoms in total. The van der Waals surface area contributed by atoms with Crippen LogP contribution in [0, 0.1) is 6.92 Å². The van der Waals surface area contributed by atoms with Crippen LogP contribution in [-0.2, 0) is 25.4 Å². The first-order valence-electron chi connectivity index (χ1n) is 9.58. The summed E-state index contributed by atoms with van der Waals surface area (Å²) in [6, 6.07) is 3.28. The number of aromatic nitrogens is 4. The Hall–Kier alpha value is -2.66. The molecule has 0 spiro atoms. The summed E-state index contributed by atoms with van der Waals surface area (Å²) in [6.45, 7) is 1.94. The topological polar surface area (TPSA) is 104 Å². The van der Waals surface area contributed by atoms with Crippen molar-refractivity contribution in [3.63, 3.8) is 0 Å². The predicted octanol–water partition coefficient (Wildman–Crippen LogP) is 2.20. The van der Waals surface area contributed by atoms with Crippen LogP contribution in [-0.4, -0.2) is 36.5 Å². The summed E-state index contributed by atoms with van der Waals surface area (Å²) in [5.74, 6) is 0.416. The highest BCUT2D eigenvalue weighted by atomic mass is 35.5. The Morgan fingerprint density at radius 1 is 1.29 bits per heavy atom. The van der Waals surface area contributed by atoms with Crippen molar-refractivity contribution in [2.24, 2.45) is 14.1 Å². The highest BCUT2D eigenvalue weighted by Crippen LogP contribution is 2.43. The fourth-order valence-corrected chi connectivity index (χ4v) is 5.16. The third-order valence-corrected chi connectivity index (χ3v) is 6.72. The van der Waals surface area contributed by atoms with Gasteiger partial charge in [-0.25, -0.2) is 9.78 Å². The van der Waals surface area contributed by atoms with Gasteiger partial charge in [0, 0.05) is 25.2 Å². The Bertz CT molecular complexity index is 1440. The minimum atomic E-state index is -0.770. The SMILES string of the molecule is Cc1csc(-c2c3c(=O)n(C)c(=O)n(C)c3c3n2C[C@@H](CO)O[C@H]3c2ccc(Cl)o2)n1. The van der Waals surface area contributed by atoms with E-state index >= 15 is 0 Å². The Kier molecular flexibility index (Phi) is 4.70. The summed E-state index contributed by atoms with van der Waals surface area (Å²) in [5.41, 5.74) is 1.60. The fourth-order valence-electron chi connectivity index (χ4n) is 4.16. The van der Waals surface area contributed by atoms with Crippen LogP contribution in [0.3, 0.4) is 0 Å². The smallest absolute Gasteiger partial charge is 0.331 e. The molecule has 31 heavy (non-hydrogen) atoms. The van der Waals surface area contributed by atoms with Crippen molar-refractivity contribution in [3.8, 4) is 10.7 Å². The molecule has 0 bridgehead atoms. The van der Waals surface area contributed by atoms with Crippen molar-refractivity contribution in [1.82, 2.24) is 18.7 Å². The quantitative estimate of drug-likeness (QED) is 0.500. The van der Waals surface area contributed by atoms with E-state index in [9.17, 15) is 14.7 Å². The van der Waals surface area contributed by atoms with Gasteiger partial charge in [0.25, 0.3) is 5.56 Å². The van der Waals surface area contributed by atoms with E-state index in [0.29, 0.717) is 33.1 Å². The molecule has 4 aromatic rings. The van der Waals surface area contributed by atoms with Gasteiger partial charge >= 0.3 is 5.69 Å². The molecule has 0 fully saturated rings. The van der Waals surface area contributed by atoms with Crippen LogP contribution in [0.25, 0.3) is 21.6 Å². The zero-order valence-electron chi connectivity index (χ0n) is 17.0. The third kappa shape index (κ3) is 2.93. The van der Waals surface area contributed by atoms with E-state index in [0.717, 1.165) is 10.3 Å². The number of ether oxygens (including phenoxy) is 1. The molecule has 1 aliphatic heterocycles. The molecule has 0 saturated carbocycles. The number of aryl methyl sites for hydroxylation is 2. The molecule has 0 saturated heterocycles. The first kappa shape index (κ1) is 20.3. The number of hydrogen-bond acceptors (Lipinski definition) is 7. The van der Waals surface area contributed by atoms with Gasteiger partial charge in [-0.15, -0.1) is 11.3 Å². The Balaban J connectivity index is 1.96. The Morgan fingerprint density at radius 3 is 2.68 bits per heavy atom. The minimum absolute atomic E-state index is 0.188. The molecular weight excluding hydrogens is 444 g/mol. The lowest BCUT2D eigenvalue weighted by molar-refractivity contribution is -0.0589. The number of aliphatic hydroxyl groups excluding tert-OH is 1. The second-order valence-electron chi connectivity index (χ2n) is 7.53. The molecule has 0 aliphatic carbocycles. The van der Waals surface area contributed by atoms with Crippen LogP contribution in [0.2, 0.25) is 5.22 Å². The average Bonchev–Trinajstić information content (AvgIpc) is 3.46. The summed E-state index contributed by atoms with van der Waals surface area (Å²) in [5, 5.41) is 13.0. The van der Waals surface area contributed by atoms with Gasteiger partial charge in [-0.2, -0.15) is 0 Å². The van der Waals surface area contributed by atoms with Crippen LogP contribution in [0.4, 0.5) is 0 Å². The lowest BCUT2D eigenvalue weighted by atomic mass is 10.1. The van der Waals surface area contributed by atoms with Gasteiger partial charge in [0.15, 0.2) is 11.3 Å². The molecule has 2 atom stereocenters.